The summed E-state index contributed by atoms with van der Waals surface area (Å²) in [5.74, 6) is 0.258. The van der Waals surface area contributed by atoms with Gasteiger partial charge in [-0.1, -0.05) is 25.3 Å². The topological polar surface area (TPSA) is 46.2 Å². The number of amides is 1. The van der Waals surface area contributed by atoms with Crippen LogP contribution < -0.4 is 5.32 Å². The van der Waals surface area contributed by atoms with Crippen molar-refractivity contribution in [2.45, 2.75) is 51.0 Å². The van der Waals surface area contributed by atoms with E-state index in [4.69, 9.17) is 0 Å². The van der Waals surface area contributed by atoms with Crippen molar-refractivity contribution in [3.05, 3.63) is 34.9 Å². The van der Waals surface area contributed by atoms with E-state index in [9.17, 15) is 9.59 Å². The number of hydrogen-bond acceptors (Lipinski definition) is 2. The van der Waals surface area contributed by atoms with Gasteiger partial charge < -0.3 is 5.32 Å². The van der Waals surface area contributed by atoms with Crippen LogP contribution in [0.15, 0.2) is 18.2 Å². The van der Waals surface area contributed by atoms with Crippen molar-refractivity contribution >= 4 is 11.7 Å². The number of hydrogen-bond donors (Lipinski definition) is 1. The zero-order valence-corrected chi connectivity index (χ0v) is 11.1. The van der Waals surface area contributed by atoms with Crippen LogP contribution in [-0.4, -0.2) is 17.7 Å². The quantitative estimate of drug-likeness (QED) is 0.884. The lowest BCUT2D eigenvalue weighted by atomic mass is 9.95. The van der Waals surface area contributed by atoms with Crippen molar-refractivity contribution in [1.29, 1.82) is 0 Å². The van der Waals surface area contributed by atoms with E-state index in [1.807, 2.05) is 18.2 Å². The first-order chi connectivity index (χ1) is 9.22. The lowest BCUT2D eigenvalue weighted by Gasteiger charge is -2.22. The lowest BCUT2D eigenvalue weighted by Crippen LogP contribution is -2.36. The van der Waals surface area contributed by atoms with Crippen LogP contribution in [0, 0.1) is 0 Å². The highest BCUT2D eigenvalue weighted by molar-refractivity contribution is 5.96. The maximum atomic E-state index is 12.2. The Morgan fingerprint density at radius 2 is 1.79 bits per heavy atom. The first kappa shape index (κ1) is 12.4. The summed E-state index contributed by atoms with van der Waals surface area (Å²) in [4.78, 5) is 23.6. The molecule has 3 rings (SSSR count). The standard InChI is InChI=1S/C16H19NO2/c18-15-9-11-6-7-12(8-13(11)10-15)16(19)17-14-4-2-1-3-5-14/h6-8,14H,1-5,9-10H2,(H,17,19). The molecule has 1 aromatic carbocycles. The highest BCUT2D eigenvalue weighted by Gasteiger charge is 2.21. The van der Waals surface area contributed by atoms with E-state index in [1.165, 1.54) is 19.3 Å². The van der Waals surface area contributed by atoms with Crippen LogP contribution in [0.1, 0.15) is 53.6 Å². The van der Waals surface area contributed by atoms with Crippen LogP contribution in [0.3, 0.4) is 0 Å². The van der Waals surface area contributed by atoms with Gasteiger partial charge in [-0.25, -0.2) is 0 Å². The summed E-state index contributed by atoms with van der Waals surface area (Å²) >= 11 is 0. The number of Topliss-reactive ketones (excluding diaryl/α,β-unsaturated/α-hetero) is 1. The molecular formula is C16H19NO2. The average Bonchev–Trinajstić information content (AvgIpc) is 2.78. The Kier molecular flexibility index (Phi) is 3.36. The maximum Gasteiger partial charge on any atom is 0.251 e. The van der Waals surface area contributed by atoms with Crippen LogP contribution in [-0.2, 0) is 17.6 Å². The number of carbonyl (C=O) groups is 2. The van der Waals surface area contributed by atoms with Crippen LogP contribution in [0.2, 0.25) is 0 Å². The number of benzene rings is 1. The minimum atomic E-state index is 0.00838. The largest absolute Gasteiger partial charge is 0.349 e. The number of carbonyl (C=O) groups excluding carboxylic acids is 2. The van der Waals surface area contributed by atoms with Crippen molar-refractivity contribution in [2.24, 2.45) is 0 Å². The van der Waals surface area contributed by atoms with Gasteiger partial charge in [0.15, 0.2) is 0 Å². The zero-order chi connectivity index (χ0) is 13.2. The Labute approximate surface area is 113 Å². The molecule has 0 spiro atoms. The normalized spacial score (nSPS) is 19.3. The predicted molar refractivity (Wildman–Crippen MR) is 73.2 cm³/mol. The van der Waals surface area contributed by atoms with Gasteiger partial charge in [0.1, 0.15) is 5.78 Å². The summed E-state index contributed by atoms with van der Waals surface area (Å²) in [6.07, 6.45) is 6.91. The third kappa shape index (κ3) is 2.70. The second-order valence-electron chi connectivity index (χ2n) is 5.68. The fourth-order valence-electron chi connectivity index (χ4n) is 3.11. The van der Waals surface area contributed by atoms with Gasteiger partial charge in [0.05, 0.1) is 0 Å². The van der Waals surface area contributed by atoms with Crippen molar-refractivity contribution in [1.82, 2.24) is 5.32 Å². The summed E-state index contributed by atoms with van der Waals surface area (Å²) in [6, 6.07) is 5.99. The van der Waals surface area contributed by atoms with Crippen molar-refractivity contribution in [3.8, 4) is 0 Å². The minimum absolute atomic E-state index is 0.00838. The molecule has 1 saturated carbocycles. The molecule has 0 unspecified atom stereocenters. The fraction of sp³-hybridized carbons (Fsp3) is 0.500. The van der Waals surface area contributed by atoms with Gasteiger partial charge in [-0.2, -0.15) is 0 Å². The molecule has 100 valence electrons. The molecule has 0 heterocycles. The number of ketones is 1. The number of fused-ring (bicyclic) bond motifs is 1. The molecule has 3 nitrogen and oxygen atoms in total. The second kappa shape index (κ2) is 5.16. The molecule has 0 saturated heterocycles. The van der Waals surface area contributed by atoms with Gasteiger partial charge in [-0.05, 0) is 36.1 Å². The van der Waals surface area contributed by atoms with E-state index in [0.29, 0.717) is 24.4 Å². The third-order valence-electron chi connectivity index (χ3n) is 4.18. The van der Waals surface area contributed by atoms with E-state index in [-0.39, 0.29) is 11.7 Å². The Hall–Kier alpha value is -1.64. The van der Waals surface area contributed by atoms with Crippen molar-refractivity contribution in [3.63, 3.8) is 0 Å². The maximum absolute atomic E-state index is 12.2. The Morgan fingerprint density at radius 1 is 1.05 bits per heavy atom. The first-order valence-electron chi connectivity index (χ1n) is 7.17. The molecule has 19 heavy (non-hydrogen) atoms. The molecule has 1 N–H and O–H groups in total. The lowest BCUT2D eigenvalue weighted by molar-refractivity contribution is -0.117. The molecule has 1 amide bonds. The van der Waals surface area contributed by atoms with Crippen LogP contribution in [0.25, 0.3) is 0 Å². The Balaban J connectivity index is 1.70. The van der Waals surface area contributed by atoms with Gasteiger partial charge in [0.25, 0.3) is 5.91 Å². The molecule has 1 aromatic rings. The van der Waals surface area contributed by atoms with Gasteiger partial charge in [0.2, 0.25) is 0 Å². The molecule has 0 aliphatic heterocycles. The summed E-state index contributed by atoms with van der Waals surface area (Å²) in [7, 11) is 0. The molecule has 3 heteroatoms. The minimum Gasteiger partial charge on any atom is -0.349 e. The van der Waals surface area contributed by atoms with Gasteiger partial charge in [-0.3, -0.25) is 9.59 Å². The van der Waals surface area contributed by atoms with Crippen molar-refractivity contribution < 1.29 is 9.59 Å². The Bertz CT molecular complexity index is 515. The van der Waals surface area contributed by atoms with Crippen LogP contribution >= 0.6 is 0 Å². The average molecular weight is 257 g/mol. The Morgan fingerprint density at radius 3 is 2.58 bits per heavy atom. The van der Waals surface area contributed by atoms with E-state index in [0.717, 1.165) is 24.0 Å². The summed E-state index contributed by atoms with van der Waals surface area (Å²) in [5, 5.41) is 3.11. The third-order valence-corrected chi connectivity index (χ3v) is 4.18. The molecule has 0 aromatic heterocycles. The SMILES string of the molecule is O=C1Cc2ccc(C(=O)NC3CCCCC3)cc2C1. The molecule has 0 atom stereocenters. The van der Waals surface area contributed by atoms with Gasteiger partial charge >= 0.3 is 0 Å². The highest BCUT2D eigenvalue weighted by Crippen LogP contribution is 2.22. The fourth-order valence-corrected chi connectivity index (χ4v) is 3.11. The van der Waals surface area contributed by atoms with E-state index in [1.54, 1.807) is 0 Å². The molecule has 0 bridgehead atoms. The van der Waals surface area contributed by atoms with E-state index >= 15 is 0 Å². The zero-order valence-electron chi connectivity index (χ0n) is 11.1. The molecule has 2 aliphatic rings. The second-order valence-corrected chi connectivity index (χ2v) is 5.68. The summed E-state index contributed by atoms with van der Waals surface area (Å²) < 4.78 is 0. The van der Waals surface area contributed by atoms with Gasteiger partial charge in [0, 0.05) is 24.4 Å². The van der Waals surface area contributed by atoms with Crippen molar-refractivity contribution in [2.75, 3.05) is 0 Å². The van der Waals surface area contributed by atoms with E-state index < -0.39 is 0 Å². The molecule has 1 fully saturated rings. The molecular weight excluding hydrogens is 238 g/mol. The van der Waals surface area contributed by atoms with E-state index in [2.05, 4.69) is 5.32 Å². The smallest absolute Gasteiger partial charge is 0.251 e. The van der Waals surface area contributed by atoms with Crippen LogP contribution in [0.5, 0.6) is 0 Å². The van der Waals surface area contributed by atoms with Gasteiger partial charge in [-0.15, -0.1) is 0 Å². The number of rotatable bonds is 2. The summed E-state index contributed by atoms with van der Waals surface area (Å²) in [6.45, 7) is 0. The molecule has 0 radical (unpaired) electrons. The summed E-state index contributed by atoms with van der Waals surface area (Å²) in [5.41, 5.74) is 2.81. The first-order valence-corrected chi connectivity index (χ1v) is 7.17. The van der Waals surface area contributed by atoms with Crippen LogP contribution in [0.4, 0.5) is 0 Å². The number of nitrogens with one attached hydrogen (secondary N) is 1. The highest BCUT2D eigenvalue weighted by atomic mass is 16.1. The predicted octanol–water partition coefficient (Wildman–Crippen LogP) is 2.42. The molecule has 2 aliphatic carbocycles. The monoisotopic (exact) mass is 257 g/mol.